The number of aryl methyl sites for hydroxylation is 1. The largest absolute Gasteiger partial charge is 0.504 e. The van der Waals surface area contributed by atoms with Gasteiger partial charge in [0.1, 0.15) is 11.8 Å². The number of aliphatic hydroxyl groups is 1. The first-order chi connectivity index (χ1) is 12.1. The second kappa shape index (κ2) is 6.89. The van der Waals surface area contributed by atoms with Gasteiger partial charge in [-0.1, -0.05) is 48.5 Å². The van der Waals surface area contributed by atoms with Crippen molar-refractivity contribution in [3.05, 3.63) is 71.4 Å². The number of amides is 1. The van der Waals surface area contributed by atoms with Crippen molar-refractivity contribution in [1.29, 1.82) is 5.26 Å². The first-order valence-electron chi connectivity index (χ1n) is 7.69. The summed E-state index contributed by atoms with van der Waals surface area (Å²) < 4.78 is 1.59. The van der Waals surface area contributed by atoms with Gasteiger partial charge in [-0.25, -0.2) is 0 Å². The molecule has 0 radical (unpaired) electrons. The van der Waals surface area contributed by atoms with Crippen LogP contribution in [0.1, 0.15) is 11.3 Å². The number of aromatic nitrogens is 2. The molecule has 1 heterocycles. The van der Waals surface area contributed by atoms with E-state index in [0.29, 0.717) is 5.39 Å². The smallest absolute Gasteiger partial charge is 0.266 e. The Morgan fingerprint density at radius 2 is 1.88 bits per heavy atom. The summed E-state index contributed by atoms with van der Waals surface area (Å²) in [5.41, 5.74) is 1.55. The number of nitrogens with zero attached hydrogens (tertiary/aromatic N) is 3. The average molecular weight is 332 g/mol. The molecule has 3 rings (SSSR count). The third kappa shape index (κ3) is 3.21. The molecule has 6 heteroatoms. The SMILES string of the molecule is Cn1nc(C(O)=C(C#N)C(=O)NCc2ccccc2)c2ccccc21. The van der Waals surface area contributed by atoms with Gasteiger partial charge in [0.05, 0.1) is 5.52 Å². The summed E-state index contributed by atoms with van der Waals surface area (Å²) in [4.78, 5) is 12.3. The Morgan fingerprint density at radius 1 is 1.20 bits per heavy atom. The van der Waals surface area contributed by atoms with Gasteiger partial charge in [0.2, 0.25) is 0 Å². The van der Waals surface area contributed by atoms with E-state index in [1.54, 1.807) is 23.9 Å². The molecule has 0 fully saturated rings. The van der Waals surface area contributed by atoms with Crippen molar-refractivity contribution < 1.29 is 9.90 Å². The van der Waals surface area contributed by atoms with E-state index in [-0.39, 0.29) is 17.8 Å². The van der Waals surface area contributed by atoms with Crippen LogP contribution in [-0.2, 0) is 18.4 Å². The number of nitriles is 1. The number of aliphatic hydroxyl groups excluding tert-OH is 1. The van der Waals surface area contributed by atoms with Gasteiger partial charge in [0.15, 0.2) is 11.3 Å². The third-order valence-electron chi connectivity index (χ3n) is 3.85. The lowest BCUT2D eigenvalue weighted by molar-refractivity contribution is -0.117. The lowest BCUT2D eigenvalue weighted by atomic mass is 10.1. The second-order valence-corrected chi connectivity index (χ2v) is 5.49. The van der Waals surface area contributed by atoms with Crippen LogP contribution in [0.2, 0.25) is 0 Å². The predicted molar refractivity (Wildman–Crippen MR) is 94.2 cm³/mol. The molecule has 1 aromatic heterocycles. The highest BCUT2D eigenvalue weighted by Gasteiger charge is 2.20. The van der Waals surface area contributed by atoms with Gasteiger partial charge in [-0.3, -0.25) is 9.48 Å². The standard InChI is InChI=1S/C19H16N4O2/c1-23-16-10-6-5-9-14(16)17(22-23)18(24)15(11-20)19(25)21-12-13-7-3-2-4-8-13/h2-10,24H,12H2,1H3,(H,21,25). The minimum absolute atomic E-state index is 0.213. The molecule has 3 aromatic rings. The Morgan fingerprint density at radius 3 is 2.60 bits per heavy atom. The summed E-state index contributed by atoms with van der Waals surface area (Å²) in [5, 5.41) is 27.4. The lowest BCUT2D eigenvalue weighted by Crippen LogP contribution is -2.25. The third-order valence-corrected chi connectivity index (χ3v) is 3.85. The summed E-state index contributed by atoms with van der Waals surface area (Å²) in [5.74, 6) is -1.07. The van der Waals surface area contributed by atoms with Crippen molar-refractivity contribution >= 4 is 22.6 Å². The Hall–Kier alpha value is -3.59. The van der Waals surface area contributed by atoms with Gasteiger partial charge < -0.3 is 10.4 Å². The van der Waals surface area contributed by atoms with E-state index in [2.05, 4.69) is 10.4 Å². The number of benzene rings is 2. The molecule has 0 unspecified atom stereocenters. The maximum atomic E-state index is 12.3. The van der Waals surface area contributed by atoms with E-state index in [9.17, 15) is 15.2 Å². The summed E-state index contributed by atoms with van der Waals surface area (Å²) in [6, 6.07) is 18.4. The molecule has 0 spiro atoms. The van der Waals surface area contributed by atoms with Gasteiger partial charge >= 0.3 is 0 Å². The maximum Gasteiger partial charge on any atom is 0.266 e. The van der Waals surface area contributed by atoms with Gasteiger partial charge in [0.25, 0.3) is 5.91 Å². The number of hydrogen-bond acceptors (Lipinski definition) is 4. The molecule has 0 saturated carbocycles. The van der Waals surface area contributed by atoms with E-state index in [1.165, 1.54) is 0 Å². The summed E-state index contributed by atoms with van der Waals surface area (Å²) >= 11 is 0. The number of hydrogen-bond donors (Lipinski definition) is 2. The Bertz CT molecular complexity index is 997. The van der Waals surface area contributed by atoms with E-state index < -0.39 is 11.7 Å². The zero-order valence-corrected chi connectivity index (χ0v) is 13.6. The van der Waals surface area contributed by atoms with Crippen LogP contribution in [0.4, 0.5) is 0 Å². The zero-order valence-electron chi connectivity index (χ0n) is 13.6. The van der Waals surface area contributed by atoms with Crippen LogP contribution in [0.5, 0.6) is 0 Å². The van der Waals surface area contributed by atoms with E-state index in [0.717, 1.165) is 11.1 Å². The molecule has 0 aliphatic heterocycles. The number of carbonyl (C=O) groups excluding carboxylic acids is 1. The van der Waals surface area contributed by atoms with Crippen LogP contribution < -0.4 is 5.32 Å². The van der Waals surface area contributed by atoms with E-state index in [4.69, 9.17) is 0 Å². The molecule has 0 atom stereocenters. The minimum atomic E-state index is -0.640. The van der Waals surface area contributed by atoms with Crippen LogP contribution in [0.3, 0.4) is 0 Å². The molecule has 25 heavy (non-hydrogen) atoms. The normalized spacial score (nSPS) is 11.7. The van der Waals surface area contributed by atoms with Gasteiger partial charge in [0, 0.05) is 19.0 Å². The number of rotatable bonds is 4. The Kier molecular flexibility index (Phi) is 4.48. The van der Waals surface area contributed by atoms with Gasteiger partial charge in [-0.15, -0.1) is 0 Å². The monoisotopic (exact) mass is 332 g/mol. The number of nitrogens with one attached hydrogen (secondary N) is 1. The topological polar surface area (TPSA) is 90.9 Å². The van der Waals surface area contributed by atoms with Crippen LogP contribution in [0, 0.1) is 11.3 Å². The van der Waals surface area contributed by atoms with Crippen molar-refractivity contribution in [2.75, 3.05) is 0 Å². The predicted octanol–water partition coefficient (Wildman–Crippen LogP) is 2.68. The zero-order chi connectivity index (χ0) is 17.8. The fourth-order valence-electron chi connectivity index (χ4n) is 2.58. The summed E-state index contributed by atoms with van der Waals surface area (Å²) in [6.45, 7) is 0.265. The fourth-order valence-corrected chi connectivity index (χ4v) is 2.58. The molecule has 0 aliphatic rings. The minimum Gasteiger partial charge on any atom is -0.504 e. The van der Waals surface area contributed by atoms with Gasteiger partial charge in [-0.2, -0.15) is 10.4 Å². The molecule has 124 valence electrons. The molecular weight excluding hydrogens is 316 g/mol. The lowest BCUT2D eigenvalue weighted by Gasteiger charge is -2.06. The van der Waals surface area contributed by atoms with Crippen molar-refractivity contribution in [3.8, 4) is 6.07 Å². The van der Waals surface area contributed by atoms with Crippen molar-refractivity contribution in [2.45, 2.75) is 6.54 Å². The van der Waals surface area contributed by atoms with Gasteiger partial charge in [-0.05, 0) is 11.6 Å². The first-order valence-corrected chi connectivity index (χ1v) is 7.69. The summed E-state index contributed by atoms with van der Waals surface area (Å²) in [6.07, 6.45) is 0. The Balaban J connectivity index is 1.92. The highest BCUT2D eigenvalue weighted by atomic mass is 16.3. The van der Waals surface area contributed by atoms with Crippen LogP contribution in [0.15, 0.2) is 60.2 Å². The molecule has 2 N–H and O–H groups in total. The van der Waals surface area contributed by atoms with Crippen molar-refractivity contribution in [2.24, 2.45) is 7.05 Å². The number of fused-ring (bicyclic) bond motifs is 1. The molecular formula is C19H16N4O2. The molecule has 0 aliphatic carbocycles. The van der Waals surface area contributed by atoms with E-state index in [1.807, 2.05) is 48.5 Å². The van der Waals surface area contributed by atoms with E-state index >= 15 is 0 Å². The fraction of sp³-hybridized carbons (Fsp3) is 0.105. The Labute approximate surface area is 144 Å². The highest BCUT2D eigenvalue weighted by Crippen LogP contribution is 2.24. The molecule has 0 saturated heterocycles. The summed E-state index contributed by atoms with van der Waals surface area (Å²) in [7, 11) is 1.74. The number of para-hydroxylation sites is 1. The van der Waals surface area contributed by atoms with Crippen molar-refractivity contribution in [3.63, 3.8) is 0 Å². The maximum absolute atomic E-state index is 12.3. The van der Waals surface area contributed by atoms with Crippen LogP contribution in [0.25, 0.3) is 16.7 Å². The highest BCUT2D eigenvalue weighted by molar-refractivity contribution is 6.05. The van der Waals surface area contributed by atoms with Crippen LogP contribution in [-0.4, -0.2) is 20.8 Å². The molecule has 0 bridgehead atoms. The van der Waals surface area contributed by atoms with Crippen molar-refractivity contribution in [1.82, 2.24) is 15.1 Å². The first kappa shape index (κ1) is 16.3. The molecule has 2 aromatic carbocycles. The van der Waals surface area contributed by atoms with Crippen LogP contribution >= 0.6 is 0 Å². The average Bonchev–Trinajstić information content (AvgIpc) is 2.98. The molecule has 6 nitrogen and oxygen atoms in total. The second-order valence-electron chi connectivity index (χ2n) is 5.49. The number of carbonyl (C=O) groups is 1. The quantitative estimate of drug-likeness (QED) is 0.436. The molecule has 1 amide bonds.